The van der Waals surface area contributed by atoms with Gasteiger partial charge in [0.15, 0.2) is 0 Å². The third-order valence-electron chi connectivity index (χ3n) is 4.49. The highest BCUT2D eigenvalue weighted by atomic mass is 16.2. The van der Waals surface area contributed by atoms with Gasteiger partial charge in [-0.15, -0.1) is 0 Å². The monoisotopic (exact) mass is 420 g/mol. The maximum Gasteiger partial charge on any atom is 0.257 e. The van der Waals surface area contributed by atoms with Gasteiger partial charge in [0.05, 0.1) is 6.54 Å². The molecule has 160 valence electrons. The molecule has 4 N–H and O–H groups in total. The molecule has 0 saturated heterocycles. The lowest BCUT2D eigenvalue weighted by molar-refractivity contribution is -0.117. The summed E-state index contributed by atoms with van der Waals surface area (Å²) in [5.74, 6) is -0.885. The van der Waals surface area contributed by atoms with Crippen LogP contribution in [0.3, 0.4) is 0 Å². The average molecular weight is 420 g/mol. The van der Waals surface area contributed by atoms with Crippen LogP contribution in [-0.4, -0.2) is 29.3 Å². The van der Waals surface area contributed by atoms with Gasteiger partial charge >= 0.3 is 0 Å². The molecule has 1 heterocycles. The lowest BCUT2D eigenvalue weighted by Gasteiger charge is -2.10. The second kappa shape index (κ2) is 9.71. The number of nitrogens with one attached hydrogen (secondary N) is 4. The van der Waals surface area contributed by atoms with E-state index in [1.54, 1.807) is 48.5 Å². The van der Waals surface area contributed by atoms with E-state index in [0.717, 1.165) is 0 Å². The zero-order valence-electron chi connectivity index (χ0n) is 17.3. The van der Waals surface area contributed by atoms with Crippen molar-refractivity contribution < 1.29 is 14.4 Å². The molecule has 0 unspecified atom stereocenters. The first-order valence-electron chi connectivity index (χ1n) is 9.92. The molecule has 31 heavy (non-hydrogen) atoms. The van der Waals surface area contributed by atoms with E-state index in [1.807, 2.05) is 13.8 Å². The molecule has 1 aromatic heterocycles. The van der Waals surface area contributed by atoms with E-state index in [2.05, 4.69) is 20.9 Å². The fourth-order valence-electron chi connectivity index (χ4n) is 3.02. The van der Waals surface area contributed by atoms with Gasteiger partial charge in [0.2, 0.25) is 17.2 Å². The molecule has 0 atom stereocenters. The fraction of sp³-hybridized carbons (Fsp3) is 0.217. The Morgan fingerprint density at radius 2 is 1.52 bits per heavy atom. The molecule has 0 saturated carbocycles. The first kappa shape index (κ1) is 21.8. The summed E-state index contributed by atoms with van der Waals surface area (Å²) in [6.45, 7) is 3.64. The highest BCUT2D eigenvalue weighted by Gasteiger charge is 2.14. The molecule has 0 spiro atoms. The Balaban J connectivity index is 1.54. The van der Waals surface area contributed by atoms with Crippen molar-refractivity contribution in [1.82, 2.24) is 10.3 Å². The summed E-state index contributed by atoms with van der Waals surface area (Å²) in [6.07, 6.45) is 1.77. The number of rotatable bonds is 7. The van der Waals surface area contributed by atoms with Crippen LogP contribution in [0.5, 0.6) is 0 Å². The minimum Gasteiger partial charge on any atom is -0.360 e. The molecule has 0 aliphatic carbocycles. The second-order valence-electron chi connectivity index (χ2n) is 7.53. The van der Waals surface area contributed by atoms with Crippen molar-refractivity contribution in [1.29, 1.82) is 0 Å². The van der Waals surface area contributed by atoms with Crippen LogP contribution in [0, 0.1) is 5.92 Å². The summed E-state index contributed by atoms with van der Waals surface area (Å²) < 4.78 is 0. The SMILES string of the molecule is CC(C)CC(=O)Nc1ccc(NC(=O)CNC(=O)c2c[nH]c3ccccc3c2=O)cc1. The Hall–Kier alpha value is -3.94. The first-order valence-corrected chi connectivity index (χ1v) is 9.92. The van der Waals surface area contributed by atoms with E-state index in [0.29, 0.717) is 28.7 Å². The molecule has 8 nitrogen and oxygen atoms in total. The number of benzene rings is 2. The highest BCUT2D eigenvalue weighted by molar-refractivity contribution is 6.01. The van der Waals surface area contributed by atoms with E-state index in [1.165, 1.54) is 6.20 Å². The van der Waals surface area contributed by atoms with Crippen LogP contribution >= 0.6 is 0 Å². The number of anilines is 2. The predicted molar refractivity (Wildman–Crippen MR) is 120 cm³/mol. The first-order chi connectivity index (χ1) is 14.8. The summed E-state index contributed by atoms with van der Waals surface area (Å²) >= 11 is 0. The topological polar surface area (TPSA) is 120 Å². The van der Waals surface area contributed by atoms with Gasteiger partial charge in [-0.05, 0) is 42.3 Å². The molecule has 0 aliphatic rings. The fourth-order valence-corrected chi connectivity index (χ4v) is 3.02. The smallest absolute Gasteiger partial charge is 0.257 e. The number of hydrogen-bond acceptors (Lipinski definition) is 4. The summed E-state index contributed by atoms with van der Waals surface area (Å²) in [6, 6.07) is 13.5. The van der Waals surface area contributed by atoms with Crippen molar-refractivity contribution in [3.8, 4) is 0 Å². The van der Waals surface area contributed by atoms with Crippen molar-refractivity contribution in [2.24, 2.45) is 5.92 Å². The number of aromatic nitrogens is 1. The average Bonchev–Trinajstić information content (AvgIpc) is 2.73. The van der Waals surface area contributed by atoms with Crippen LogP contribution in [0.1, 0.15) is 30.6 Å². The van der Waals surface area contributed by atoms with Gasteiger partial charge in [0, 0.05) is 34.9 Å². The van der Waals surface area contributed by atoms with Crippen molar-refractivity contribution in [2.45, 2.75) is 20.3 Å². The lowest BCUT2D eigenvalue weighted by atomic mass is 10.1. The number of para-hydroxylation sites is 1. The molecule has 8 heteroatoms. The molecule has 3 amide bonds. The summed E-state index contributed by atoms with van der Waals surface area (Å²) in [7, 11) is 0. The van der Waals surface area contributed by atoms with E-state index >= 15 is 0 Å². The molecular weight excluding hydrogens is 396 g/mol. The molecule has 3 aromatic rings. The van der Waals surface area contributed by atoms with E-state index in [4.69, 9.17) is 0 Å². The molecule has 0 aliphatic heterocycles. The van der Waals surface area contributed by atoms with E-state index in [9.17, 15) is 19.2 Å². The van der Waals surface area contributed by atoms with Crippen LogP contribution in [0.25, 0.3) is 10.9 Å². The Kier molecular flexibility index (Phi) is 6.81. The molecule has 3 rings (SSSR count). The van der Waals surface area contributed by atoms with Crippen molar-refractivity contribution in [3.63, 3.8) is 0 Å². The summed E-state index contributed by atoms with van der Waals surface area (Å²) in [5.41, 5.74) is 1.32. The van der Waals surface area contributed by atoms with Crippen LogP contribution in [0.4, 0.5) is 11.4 Å². The Labute approximate surface area is 179 Å². The standard InChI is InChI=1S/C23H24N4O4/c1-14(2)11-20(28)26-15-7-9-16(10-8-15)27-21(29)13-25-23(31)18-12-24-19-6-4-3-5-17(19)22(18)30/h3-10,12,14H,11,13H2,1-2H3,(H,24,30)(H,25,31)(H,26,28)(H,27,29). The van der Waals surface area contributed by atoms with Crippen molar-refractivity contribution in [2.75, 3.05) is 17.2 Å². The third-order valence-corrected chi connectivity index (χ3v) is 4.49. The molecule has 2 aromatic carbocycles. The third kappa shape index (κ3) is 5.79. The van der Waals surface area contributed by atoms with E-state index < -0.39 is 17.2 Å². The van der Waals surface area contributed by atoms with Crippen LogP contribution < -0.4 is 21.4 Å². The number of aromatic amines is 1. The van der Waals surface area contributed by atoms with Crippen LogP contribution in [-0.2, 0) is 9.59 Å². The molecule has 0 bridgehead atoms. The van der Waals surface area contributed by atoms with Crippen molar-refractivity contribution in [3.05, 3.63) is 70.5 Å². The Morgan fingerprint density at radius 3 is 2.16 bits per heavy atom. The zero-order chi connectivity index (χ0) is 22.4. The minimum atomic E-state index is -0.634. The van der Waals surface area contributed by atoms with Gasteiger partial charge < -0.3 is 20.9 Å². The quantitative estimate of drug-likeness (QED) is 0.470. The normalized spacial score (nSPS) is 10.7. The number of carbonyl (C=O) groups is 3. The molecular formula is C23H24N4O4. The second-order valence-corrected chi connectivity index (χ2v) is 7.53. The molecule has 0 radical (unpaired) electrons. The van der Waals surface area contributed by atoms with Gasteiger partial charge in [0.1, 0.15) is 5.56 Å². The van der Waals surface area contributed by atoms with Crippen LogP contribution in [0.15, 0.2) is 59.5 Å². The highest BCUT2D eigenvalue weighted by Crippen LogP contribution is 2.14. The summed E-state index contributed by atoms with van der Waals surface area (Å²) in [5, 5.41) is 8.30. The Bertz CT molecular complexity index is 1170. The van der Waals surface area contributed by atoms with E-state index in [-0.39, 0.29) is 23.9 Å². The predicted octanol–water partition coefficient (Wildman–Crippen LogP) is 2.88. The number of fused-ring (bicyclic) bond motifs is 1. The van der Waals surface area contributed by atoms with Gasteiger partial charge in [-0.1, -0.05) is 26.0 Å². The molecule has 0 fully saturated rings. The van der Waals surface area contributed by atoms with Crippen molar-refractivity contribution >= 4 is 40.0 Å². The maximum absolute atomic E-state index is 12.5. The Morgan fingerprint density at radius 1 is 0.903 bits per heavy atom. The largest absolute Gasteiger partial charge is 0.360 e. The number of pyridine rings is 1. The summed E-state index contributed by atoms with van der Waals surface area (Å²) in [4.78, 5) is 51.7. The number of carbonyl (C=O) groups excluding carboxylic acids is 3. The maximum atomic E-state index is 12.5. The van der Waals surface area contributed by atoms with Crippen LogP contribution in [0.2, 0.25) is 0 Å². The zero-order valence-corrected chi connectivity index (χ0v) is 17.3. The van der Waals surface area contributed by atoms with Gasteiger partial charge in [-0.3, -0.25) is 19.2 Å². The number of hydrogen-bond donors (Lipinski definition) is 4. The lowest BCUT2D eigenvalue weighted by Crippen LogP contribution is -2.35. The number of H-pyrrole nitrogens is 1. The van der Waals surface area contributed by atoms with Gasteiger partial charge in [0.25, 0.3) is 5.91 Å². The minimum absolute atomic E-state index is 0.0620. The number of amides is 3. The van der Waals surface area contributed by atoms with Gasteiger partial charge in [-0.2, -0.15) is 0 Å². The van der Waals surface area contributed by atoms with Gasteiger partial charge in [-0.25, -0.2) is 0 Å².